The Morgan fingerprint density at radius 2 is 1.95 bits per heavy atom. The first-order valence-corrected chi connectivity index (χ1v) is 7.29. The molecule has 0 bridgehead atoms. The lowest BCUT2D eigenvalue weighted by Gasteiger charge is -2.03. The van der Waals surface area contributed by atoms with E-state index in [9.17, 15) is 9.59 Å². The van der Waals surface area contributed by atoms with Crippen LogP contribution in [0.2, 0.25) is 0 Å². The number of ether oxygens (including phenoxy) is 1. The number of carbonyl (C=O) groups excluding carboxylic acids is 2. The minimum atomic E-state index is -0.203. The van der Waals surface area contributed by atoms with Crippen LogP contribution < -0.4 is 10.1 Å². The molecule has 5 nitrogen and oxygen atoms in total. The summed E-state index contributed by atoms with van der Waals surface area (Å²) < 4.78 is 5.03. The number of hydrogen-bond donors (Lipinski definition) is 1. The Labute approximate surface area is 127 Å². The first-order valence-electron chi connectivity index (χ1n) is 6.48. The standard InChI is InChI=1S/C15H16N2O3S/c1-10-9-16-15(21-10)17-14(19)8-7-13(18)11-3-5-12(20-2)6-4-11/h3-6,9H,7-8H2,1-2H3,(H,16,17,19). The lowest BCUT2D eigenvalue weighted by molar-refractivity contribution is -0.116. The van der Waals surface area contributed by atoms with Gasteiger partial charge in [-0.15, -0.1) is 11.3 Å². The average Bonchev–Trinajstić information content (AvgIpc) is 2.90. The van der Waals surface area contributed by atoms with Gasteiger partial charge in [-0.1, -0.05) is 0 Å². The molecule has 6 heteroatoms. The Morgan fingerprint density at radius 1 is 1.24 bits per heavy atom. The summed E-state index contributed by atoms with van der Waals surface area (Å²) in [4.78, 5) is 28.8. The molecule has 0 radical (unpaired) electrons. The van der Waals surface area contributed by atoms with Gasteiger partial charge in [0.1, 0.15) is 5.75 Å². The maximum Gasteiger partial charge on any atom is 0.226 e. The molecule has 1 aromatic carbocycles. The van der Waals surface area contributed by atoms with Gasteiger partial charge in [0.15, 0.2) is 10.9 Å². The third-order valence-corrected chi connectivity index (χ3v) is 3.69. The van der Waals surface area contributed by atoms with Gasteiger partial charge < -0.3 is 10.1 Å². The molecule has 1 N–H and O–H groups in total. The summed E-state index contributed by atoms with van der Waals surface area (Å²) in [5.74, 6) is 0.428. The van der Waals surface area contributed by atoms with Crippen molar-refractivity contribution in [1.82, 2.24) is 4.98 Å². The Morgan fingerprint density at radius 3 is 2.52 bits per heavy atom. The van der Waals surface area contributed by atoms with Gasteiger partial charge >= 0.3 is 0 Å². The number of nitrogens with one attached hydrogen (secondary N) is 1. The Hall–Kier alpha value is -2.21. The molecule has 2 rings (SSSR count). The molecule has 0 unspecified atom stereocenters. The van der Waals surface area contributed by atoms with E-state index >= 15 is 0 Å². The molecule has 0 saturated heterocycles. The zero-order valence-corrected chi connectivity index (χ0v) is 12.7. The summed E-state index contributed by atoms with van der Waals surface area (Å²) in [5, 5.41) is 3.25. The van der Waals surface area contributed by atoms with Crippen molar-refractivity contribution in [3.63, 3.8) is 0 Å². The Kier molecular flexibility index (Phi) is 5.05. The van der Waals surface area contributed by atoms with E-state index in [4.69, 9.17) is 4.74 Å². The highest BCUT2D eigenvalue weighted by Crippen LogP contribution is 2.17. The van der Waals surface area contributed by atoms with E-state index in [1.807, 2.05) is 6.92 Å². The number of thiazole rings is 1. The van der Waals surface area contributed by atoms with E-state index in [1.165, 1.54) is 11.3 Å². The number of amides is 1. The van der Waals surface area contributed by atoms with Crippen LogP contribution in [0.4, 0.5) is 5.13 Å². The zero-order valence-electron chi connectivity index (χ0n) is 11.9. The number of Topliss-reactive ketones (excluding diaryl/α,β-unsaturated/α-hetero) is 1. The Bertz CT molecular complexity index is 635. The van der Waals surface area contributed by atoms with Crippen molar-refractivity contribution in [3.8, 4) is 5.75 Å². The highest BCUT2D eigenvalue weighted by atomic mass is 32.1. The summed E-state index contributed by atoms with van der Waals surface area (Å²) >= 11 is 1.41. The molecule has 0 saturated carbocycles. The molecule has 0 spiro atoms. The van der Waals surface area contributed by atoms with Crippen LogP contribution in [0.5, 0.6) is 5.75 Å². The van der Waals surface area contributed by atoms with Crippen LogP contribution >= 0.6 is 11.3 Å². The van der Waals surface area contributed by atoms with E-state index in [0.717, 1.165) is 4.88 Å². The zero-order chi connectivity index (χ0) is 15.2. The molecule has 1 aromatic heterocycles. The maximum atomic E-state index is 12.0. The van der Waals surface area contributed by atoms with Crippen molar-refractivity contribution in [2.24, 2.45) is 0 Å². The largest absolute Gasteiger partial charge is 0.497 e. The van der Waals surface area contributed by atoms with E-state index in [1.54, 1.807) is 37.6 Å². The fourth-order valence-corrected chi connectivity index (χ4v) is 2.42. The minimum Gasteiger partial charge on any atom is -0.497 e. The van der Waals surface area contributed by atoms with Crippen LogP contribution in [0.15, 0.2) is 30.5 Å². The van der Waals surface area contributed by atoms with Gasteiger partial charge in [-0.25, -0.2) is 4.98 Å². The third-order valence-electron chi connectivity index (χ3n) is 2.86. The lowest BCUT2D eigenvalue weighted by Crippen LogP contribution is -2.13. The molecule has 0 fully saturated rings. The number of anilines is 1. The first kappa shape index (κ1) is 15.2. The number of nitrogens with zero attached hydrogens (tertiary/aromatic N) is 1. The summed E-state index contributed by atoms with van der Waals surface area (Å²) in [6, 6.07) is 6.85. The quantitative estimate of drug-likeness (QED) is 0.833. The summed E-state index contributed by atoms with van der Waals surface area (Å²) in [6.45, 7) is 1.92. The maximum absolute atomic E-state index is 12.0. The fourth-order valence-electron chi connectivity index (χ4n) is 1.74. The molecule has 1 amide bonds. The average molecular weight is 304 g/mol. The van der Waals surface area contributed by atoms with Gasteiger partial charge in [-0.3, -0.25) is 9.59 Å². The SMILES string of the molecule is COc1ccc(C(=O)CCC(=O)Nc2ncc(C)s2)cc1. The van der Waals surface area contributed by atoms with Crippen molar-refractivity contribution >= 4 is 28.2 Å². The molecule has 1 heterocycles. The molecule has 0 atom stereocenters. The summed E-state index contributed by atoms with van der Waals surface area (Å²) in [7, 11) is 1.57. The van der Waals surface area contributed by atoms with E-state index < -0.39 is 0 Å². The van der Waals surface area contributed by atoms with E-state index in [2.05, 4.69) is 10.3 Å². The van der Waals surface area contributed by atoms with Gasteiger partial charge in [0.2, 0.25) is 5.91 Å². The van der Waals surface area contributed by atoms with Gasteiger partial charge in [-0.2, -0.15) is 0 Å². The number of aromatic nitrogens is 1. The predicted molar refractivity (Wildman–Crippen MR) is 82.0 cm³/mol. The van der Waals surface area contributed by atoms with Crippen molar-refractivity contribution in [1.29, 1.82) is 0 Å². The van der Waals surface area contributed by atoms with Crippen molar-refractivity contribution in [3.05, 3.63) is 40.9 Å². The van der Waals surface area contributed by atoms with Gasteiger partial charge in [0, 0.05) is 29.5 Å². The van der Waals surface area contributed by atoms with Gasteiger partial charge in [0.25, 0.3) is 0 Å². The minimum absolute atomic E-state index is 0.0666. The second-order valence-electron chi connectivity index (χ2n) is 4.48. The molecule has 110 valence electrons. The predicted octanol–water partition coefficient (Wildman–Crippen LogP) is 3.06. The molecule has 21 heavy (non-hydrogen) atoms. The van der Waals surface area contributed by atoms with E-state index in [-0.39, 0.29) is 24.5 Å². The molecule has 0 aliphatic heterocycles. The molecule has 2 aromatic rings. The number of benzene rings is 1. The van der Waals surface area contributed by atoms with Crippen molar-refractivity contribution in [2.75, 3.05) is 12.4 Å². The second kappa shape index (κ2) is 6.99. The number of ketones is 1. The summed E-state index contributed by atoms with van der Waals surface area (Å²) in [5.41, 5.74) is 0.577. The number of aryl methyl sites for hydroxylation is 1. The van der Waals surface area contributed by atoms with Crippen LogP contribution in [0.3, 0.4) is 0 Å². The monoisotopic (exact) mass is 304 g/mol. The third kappa shape index (κ3) is 4.39. The highest BCUT2D eigenvalue weighted by molar-refractivity contribution is 7.15. The first-order chi connectivity index (χ1) is 10.1. The second-order valence-corrected chi connectivity index (χ2v) is 5.71. The lowest BCUT2D eigenvalue weighted by atomic mass is 10.1. The normalized spacial score (nSPS) is 10.2. The number of carbonyl (C=O) groups is 2. The molecule has 0 aliphatic carbocycles. The highest BCUT2D eigenvalue weighted by Gasteiger charge is 2.10. The van der Waals surface area contributed by atoms with Crippen LogP contribution in [-0.4, -0.2) is 23.8 Å². The van der Waals surface area contributed by atoms with Gasteiger partial charge in [0.05, 0.1) is 7.11 Å². The molecular weight excluding hydrogens is 288 g/mol. The Balaban J connectivity index is 1.83. The van der Waals surface area contributed by atoms with Crippen molar-refractivity contribution < 1.29 is 14.3 Å². The smallest absolute Gasteiger partial charge is 0.226 e. The fraction of sp³-hybridized carbons (Fsp3) is 0.267. The molecule has 0 aliphatic rings. The topological polar surface area (TPSA) is 68.3 Å². The van der Waals surface area contributed by atoms with Crippen LogP contribution in [0, 0.1) is 6.92 Å². The number of hydrogen-bond acceptors (Lipinski definition) is 5. The van der Waals surface area contributed by atoms with Gasteiger partial charge in [-0.05, 0) is 31.2 Å². The molecular formula is C15H16N2O3S. The van der Waals surface area contributed by atoms with E-state index in [0.29, 0.717) is 16.4 Å². The van der Waals surface area contributed by atoms with Crippen LogP contribution in [0.1, 0.15) is 28.1 Å². The van der Waals surface area contributed by atoms with Crippen LogP contribution in [-0.2, 0) is 4.79 Å². The number of rotatable bonds is 6. The van der Waals surface area contributed by atoms with Crippen LogP contribution in [0.25, 0.3) is 0 Å². The van der Waals surface area contributed by atoms with Crippen molar-refractivity contribution in [2.45, 2.75) is 19.8 Å². The summed E-state index contributed by atoms with van der Waals surface area (Å²) in [6.07, 6.45) is 2.01. The number of methoxy groups -OCH3 is 1.